The fraction of sp³-hybridized carbons (Fsp3) is 0.176. The van der Waals surface area contributed by atoms with Gasteiger partial charge in [-0.25, -0.2) is 4.98 Å². The number of H-pyrrole nitrogens is 1. The lowest BCUT2D eigenvalue weighted by Crippen LogP contribution is -2.11. The molecule has 118 valence electrons. The summed E-state index contributed by atoms with van der Waals surface area (Å²) in [5.41, 5.74) is 2.86. The number of carbonyl (C=O) groups is 1. The average Bonchev–Trinajstić information content (AvgIpc) is 2.93. The van der Waals surface area contributed by atoms with Crippen molar-refractivity contribution in [1.29, 1.82) is 0 Å². The Morgan fingerprint density at radius 2 is 1.87 bits per heavy atom. The van der Waals surface area contributed by atoms with E-state index in [1.54, 1.807) is 44.6 Å². The molecule has 3 aromatic rings. The first-order valence-electron chi connectivity index (χ1n) is 7.10. The molecule has 3 rings (SSSR count). The number of aromatic amines is 1. The molecule has 0 saturated heterocycles. The lowest BCUT2D eigenvalue weighted by atomic mass is 10.2. The van der Waals surface area contributed by atoms with Crippen molar-refractivity contribution in [3.05, 3.63) is 47.8 Å². The van der Waals surface area contributed by atoms with Crippen LogP contribution in [0.2, 0.25) is 0 Å². The van der Waals surface area contributed by atoms with E-state index in [0.29, 0.717) is 22.7 Å². The van der Waals surface area contributed by atoms with Crippen molar-refractivity contribution in [3.8, 4) is 11.5 Å². The molecule has 23 heavy (non-hydrogen) atoms. The molecule has 2 N–H and O–H groups in total. The highest BCUT2D eigenvalue weighted by Gasteiger charge is 2.11. The number of nitrogens with zero attached hydrogens (tertiary/aromatic N) is 1. The van der Waals surface area contributed by atoms with Crippen LogP contribution in [0, 0.1) is 6.92 Å². The van der Waals surface area contributed by atoms with E-state index in [9.17, 15) is 4.79 Å². The van der Waals surface area contributed by atoms with Gasteiger partial charge in [-0.2, -0.15) is 0 Å². The van der Waals surface area contributed by atoms with E-state index < -0.39 is 0 Å². The number of aryl methyl sites for hydroxylation is 1. The maximum absolute atomic E-state index is 12.4. The molecule has 0 aliphatic carbocycles. The third kappa shape index (κ3) is 2.96. The Hall–Kier alpha value is -3.02. The van der Waals surface area contributed by atoms with Crippen molar-refractivity contribution < 1.29 is 14.3 Å². The van der Waals surface area contributed by atoms with Crippen LogP contribution in [0.1, 0.15) is 16.2 Å². The van der Waals surface area contributed by atoms with Crippen molar-refractivity contribution in [3.63, 3.8) is 0 Å². The Balaban J connectivity index is 1.85. The SMILES string of the molecule is COc1ccc(NC(=O)c2ccc3nc(C)[nH]c3c2)cc1OC. The topological polar surface area (TPSA) is 76.2 Å². The predicted molar refractivity (Wildman–Crippen MR) is 88.3 cm³/mol. The van der Waals surface area contributed by atoms with Crippen LogP contribution in [-0.2, 0) is 0 Å². The van der Waals surface area contributed by atoms with E-state index in [2.05, 4.69) is 15.3 Å². The van der Waals surface area contributed by atoms with Crippen molar-refractivity contribution in [2.45, 2.75) is 6.92 Å². The lowest BCUT2D eigenvalue weighted by Gasteiger charge is -2.10. The largest absolute Gasteiger partial charge is 0.493 e. The Bertz CT molecular complexity index is 871. The summed E-state index contributed by atoms with van der Waals surface area (Å²) in [6.45, 7) is 1.88. The maximum Gasteiger partial charge on any atom is 0.255 e. The molecule has 6 heteroatoms. The van der Waals surface area contributed by atoms with E-state index in [0.717, 1.165) is 16.9 Å². The number of nitrogens with one attached hydrogen (secondary N) is 2. The van der Waals surface area contributed by atoms with Crippen LogP contribution in [0.3, 0.4) is 0 Å². The second-order valence-electron chi connectivity index (χ2n) is 5.08. The number of imidazole rings is 1. The molecule has 0 atom stereocenters. The average molecular weight is 311 g/mol. The van der Waals surface area contributed by atoms with Crippen LogP contribution < -0.4 is 14.8 Å². The number of fused-ring (bicyclic) bond motifs is 1. The highest BCUT2D eigenvalue weighted by Crippen LogP contribution is 2.30. The van der Waals surface area contributed by atoms with Gasteiger partial charge in [-0.05, 0) is 37.3 Å². The molecule has 0 radical (unpaired) electrons. The van der Waals surface area contributed by atoms with E-state index in [-0.39, 0.29) is 5.91 Å². The van der Waals surface area contributed by atoms with Crippen molar-refractivity contribution in [2.24, 2.45) is 0 Å². The number of carbonyl (C=O) groups excluding carboxylic acids is 1. The van der Waals surface area contributed by atoms with Crippen molar-refractivity contribution >= 4 is 22.6 Å². The summed E-state index contributed by atoms with van der Waals surface area (Å²) in [7, 11) is 3.12. The molecule has 0 aliphatic rings. The number of hydrogen-bond acceptors (Lipinski definition) is 4. The molecule has 2 aromatic carbocycles. The first-order chi connectivity index (χ1) is 11.1. The van der Waals surface area contributed by atoms with Gasteiger partial charge in [-0.1, -0.05) is 0 Å². The van der Waals surface area contributed by atoms with E-state index in [1.807, 2.05) is 13.0 Å². The molecule has 0 aliphatic heterocycles. The smallest absolute Gasteiger partial charge is 0.255 e. The molecular formula is C17H17N3O3. The molecule has 1 heterocycles. The lowest BCUT2D eigenvalue weighted by molar-refractivity contribution is 0.102. The number of ether oxygens (including phenoxy) is 2. The summed E-state index contributed by atoms with van der Waals surface area (Å²) < 4.78 is 10.4. The zero-order valence-electron chi connectivity index (χ0n) is 13.1. The van der Waals surface area contributed by atoms with Crippen LogP contribution in [-0.4, -0.2) is 30.1 Å². The summed E-state index contributed by atoms with van der Waals surface area (Å²) in [5.74, 6) is 1.79. The second-order valence-corrected chi connectivity index (χ2v) is 5.08. The Morgan fingerprint density at radius 3 is 2.61 bits per heavy atom. The number of benzene rings is 2. The molecule has 0 bridgehead atoms. The van der Waals surface area contributed by atoms with Crippen LogP contribution in [0.25, 0.3) is 11.0 Å². The number of hydrogen-bond donors (Lipinski definition) is 2. The number of rotatable bonds is 4. The second kappa shape index (κ2) is 6.00. The first-order valence-corrected chi connectivity index (χ1v) is 7.10. The van der Waals surface area contributed by atoms with E-state index >= 15 is 0 Å². The molecule has 0 saturated carbocycles. The van der Waals surface area contributed by atoms with Gasteiger partial charge in [0, 0.05) is 17.3 Å². The van der Waals surface area contributed by atoms with Gasteiger partial charge in [-0.3, -0.25) is 4.79 Å². The molecule has 0 fully saturated rings. The Kier molecular flexibility index (Phi) is 3.89. The minimum Gasteiger partial charge on any atom is -0.493 e. The third-order valence-corrected chi connectivity index (χ3v) is 3.50. The zero-order chi connectivity index (χ0) is 16.4. The molecular weight excluding hydrogens is 294 g/mol. The zero-order valence-corrected chi connectivity index (χ0v) is 13.1. The fourth-order valence-electron chi connectivity index (χ4n) is 2.40. The Morgan fingerprint density at radius 1 is 1.09 bits per heavy atom. The first kappa shape index (κ1) is 14.9. The molecule has 1 amide bonds. The number of aromatic nitrogens is 2. The third-order valence-electron chi connectivity index (χ3n) is 3.50. The normalized spacial score (nSPS) is 10.6. The highest BCUT2D eigenvalue weighted by atomic mass is 16.5. The number of anilines is 1. The highest BCUT2D eigenvalue weighted by molar-refractivity contribution is 6.06. The molecule has 1 aromatic heterocycles. The van der Waals surface area contributed by atoms with E-state index in [1.165, 1.54) is 0 Å². The summed E-state index contributed by atoms with van der Waals surface area (Å²) in [6.07, 6.45) is 0. The van der Waals surface area contributed by atoms with Gasteiger partial charge in [0.05, 0.1) is 25.3 Å². The summed E-state index contributed by atoms with van der Waals surface area (Å²) >= 11 is 0. The number of methoxy groups -OCH3 is 2. The Labute approximate surface area is 133 Å². The van der Waals surface area contributed by atoms with Gasteiger partial charge in [-0.15, -0.1) is 0 Å². The fourth-order valence-corrected chi connectivity index (χ4v) is 2.40. The van der Waals surface area contributed by atoms with Crippen LogP contribution in [0.15, 0.2) is 36.4 Å². The number of amides is 1. The predicted octanol–water partition coefficient (Wildman–Crippen LogP) is 3.14. The molecule has 0 unspecified atom stereocenters. The molecule has 0 spiro atoms. The summed E-state index contributed by atoms with van der Waals surface area (Å²) in [4.78, 5) is 19.8. The summed E-state index contributed by atoms with van der Waals surface area (Å²) in [5, 5.41) is 2.85. The van der Waals surface area contributed by atoms with Gasteiger partial charge in [0.25, 0.3) is 5.91 Å². The minimum atomic E-state index is -0.202. The van der Waals surface area contributed by atoms with Crippen LogP contribution in [0.5, 0.6) is 11.5 Å². The van der Waals surface area contributed by atoms with Gasteiger partial charge >= 0.3 is 0 Å². The monoisotopic (exact) mass is 311 g/mol. The standard InChI is InChI=1S/C17H17N3O3/c1-10-18-13-6-4-11(8-14(13)19-10)17(21)20-12-5-7-15(22-2)16(9-12)23-3/h4-9H,1-3H3,(H,18,19)(H,20,21). The minimum absolute atomic E-state index is 0.202. The van der Waals surface area contributed by atoms with Crippen molar-refractivity contribution in [1.82, 2.24) is 9.97 Å². The van der Waals surface area contributed by atoms with Gasteiger partial charge in [0.15, 0.2) is 11.5 Å². The van der Waals surface area contributed by atoms with E-state index in [4.69, 9.17) is 9.47 Å². The quantitative estimate of drug-likeness (QED) is 0.776. The van der Waals surface area contributed by atoms with Crippen molar-refractivity contribution in [2.75, 3.05) is 19.5 Å². The summed E-state index contributed by atoms with van der Waals surface area (Å²) in [6, 6.07) is 10.6. The van der Waals surface area contributed by atoms with Crippen LogP contribution >= 0.6 is 0 Å². The van der Waals surface area contributed by atoms with Gasteiger partial charge in [0.2, 0.25) is 0 Å². The maximum atomic E-state index is 12.4. The van der Waals surface area contributed by atoms with Gasteiger partial charge in [0.1, 0.15) is 5.82 Å². The van der Waals surface area contributed by atoms with Gasteiger partial charge < -0.3 is 19.8 Å². The molecule has 6 nitrogen and oxygen atoms in total. The van der Waals surface area contributed by atoms with Crippen LogP contribution in [0.4, 0.5) is 5.69 Å².